The third-order valence-corrected chi connectivity index (χ3v) is 6.16. The summed E-state index contributed by atoms with van der Waals surface area (Å²) in [5, 5.41) is 3.78. The lowest BCUT2D eigenvalue weighted by molar-refractivity contribution is 0.159. The summed E-state index contributed by atoms with van der Waals surface area (Å²) in [4.78, 5) is 0. The SMILES string of the molecule is CC1CC(C)CC2(C1)C(CNC1CC1)C2(C)C. The Labute approximate surface area is 107 Å². The zero-order valence-electron chi connectivity index (χ0n) is 12.1. The van der Waals surface area contributed by atoms with Crippen molar-refractivity contribution in [2.45, 2.75) is 65.8 Å². The third kappa shape index (κ3) is 1.85. The Morgan fingerprint density at radius 2 is 1.65 bits per heavy atom. The molecule has 98 valence electrons. The van der Waals surface area contributed by atoms with Crippen LogP contribution in [-0.2, 0) is 0 Å². The molecule has 0 aliphatic heterocycles. The summed E-state index contributed by atoms with van der Waals surface area (Å²) < 4.78 is 0. The molecule has 0 heterocycles. The number of hydrogen-bond acceptors (Lipinski definition) is 1. The molecule has 1 N–H and O–H groups in total. The van der Waals surface area contributed by atoms with Crippen molar-refractivity contribution >= 4 is 0 Å². The standard InChI is InChI=1S/C16H29N/c1-11-7-12(2)9-16(8-11)14(15(16,3)4)10-17-13-5-6-13/h11-14,17H,5-10H2,1-4H3. The van der Waals surface area contributed by atoms with Gasteiger partial charge in [0.2, 0.25) is 0 Å². The average molecular weight is 235 g/mol. The Morgan fingerprint density at radius 3 is 2.18 bits per heavy atom. The molecule has 3 unspecified atom stereocenters. The summed E-state index contributed by atoms with van der Waals surface area (Å²) in [7, 11) is 0. The van der Waals surface area contributed by atoms with E-state index in [2.05, 4.69) is 33.0 Å². The second-order valence-electron chi connectivity index (χ2n) is 7.97. The molecule has 1 heteroatoms. The molecule has 0 radical (unpaired) electrons. The highest BCUT2D eigenvalue weighted by atomic mass is 15.0. The zero-order chi connectivity index (χ0) is 12.3. The van der Waals surface area contributed by atoms with E-state index in [-0.39, 0.29) is 0 Å². The maximum Gasteiger partial charge on any atom is 0.00683 e. The highest BCUT2D eigenvalue weighted by Gasteiger charge is 2.70. The molecule has 0 bridgehead atoms. The van der Waals surface area contributed by atoms with Gasteiger partial charge < -0.3 is 5.32 Å². The average Bonchev–Trinajstić information content (AvgIpc) is 3.05. The summed E-state index contributed by atoms with van der Waals surface area (Å²) in [6.07, 6.45) is 7.28. The molecule has 3 rings (SSSR count). The minimum Gasteiger partial charge on any atom is -0.314 e. The largest absolute Gasteiger partial charge is 0.314 e. The van der Waals surface area contributed by atoms with Gasteiger partial charge in [-0.2, -0.15) is 0 Å². The molecule has 3 fully saturated rings. The Hall–Kier alpha value is -0.0400. The van der Waals surface area contributed by atoms with Crippen LogP contribution in [0.4, 0.5) is 0 Å². The Balaban J connectivity index is 1.68. The van der Waals surface area contributed by atoms with Crippen molar-refractivity contribution in [2.75, 3.05) is 6.54 Å². The number of rotatable bonds is 3. The molecule has 0 saturated heterocycles. The highest BCUT2D eigenvalue weighted by molar-refractivity contribution is 5.19. The molecule has 3 aliphatic carbocycles. The smallest absolute Gasteiger partial charge is 0.00683 e. The fraction of sp³-hybridized carbons (Fsp3) is 1.00. The molecule has 3 atom stereocenters. The molecule has 3 saturated carbocycles. The molecule has 0 amide bonds. The lowest BCUT2D eigenvalue weighted by atomic mass is 9.71. The third-order valence-electron chi connectivity index (χ3n) is 6.16. The van der Waals surface area contributed by atoms with Crippen molar-refractivity contribution in [3.63, 3.8) is 0 Å². The Bertz CT molecular complexity index is 293. The minimum atomic E-state index is 0.595. The monoisotopic (exact) mass is 235 g/mol. The normalized spacial score (nSPS) is 48.4. The Morgan fingerprint density at radius 1 is 1.06 bits per heavy atom. The zero-order valence-corrected chi connectivity index (χ0v) is 12.1. The van der Waals surface area contributed by atoms with Crippen LogP contribution < -0.4 is 5.32 Å². The van der Waals surface area contributed by atoms with E-state index < -0.39 is 0 Å². The van der Waals surface area contributed by atoms with E-state index in [1.807, 2.05) is 0 Å². The summed E-state index contributed by atoms with van der Waals surface area (Å²) in [5.74, 6) is 2.84. The second kappa shape index (κ2) is 3.73. The molecule has 0 aromatic rings. The van der Waals surface area contributed by atoms with E-state index in [1.165, 1.54) is 38.6 Å². The maximum atomic E-state index is 3.78. The summed E-state index contributed by atoms with van der Waals surface area (Å²) in [6, 6.07) is 0.877. The first kappa shape index (κ1) is 12.0. The van der Waals surface area contributed by atoms with Crippen LogP contribution >= 0.6 is 0 Å². The van der Waals surface area contributed by atoms with Crippen LogP contribution in [0.2, 0.25) is 0 Å². The first-order valence-electron chi connectivity index (χ1n) is 7.69. The minimum absolute atomic E-state index is 0.595. The molecular weight excluding hydrogens is 206 g/mol. The van der Waals surface area contributed by atoms with E-state index in [9.17, 15) is 0 Å². The van der Waals surface area contributed by atoms with E-state index in [0.717, 1.165) is 23.8 Å². The van der Waals surface area contributed by atoms with Gasteiger partial charge >= 0.3 is 0 Å². The first-order valence-corrected chi connectivity index (χ1v) is 7.69. The molecule has 17 heavy (non-hydrogen) atoms. The fourth-order valence-corrected chi connectivity index (χ4v) is 5.08. The molecule has 0 aromatic heterocycles. The van der Waals surface area contributed by atoms with Crippen LogP contribution in [-0.4, -0.2) is 12.6 Å². The lowest BCUT2D eigenvalue weighted by Crippen LogP contribution is -2.27. The van der Waals surface area contributed by atoms with E-state index >= 15 is 0 Å². The van der Waals surface area contributed by atoms with Gasteiger partial charge in [-0.3, -0.25) is 0 Å². The van der Waals surface area contributed by atoms with E-state index in [4.69, 9.17) is 0 Å². The molecule has 0 aromatic carbocycles. The highest BCUT2D eigenvalue weighted by Crippen LogP contribution is 2.75. The summed E-state index contributed by atoms with van der Waals surface area (Å²) in [6.45, 7) is 11.3. The number of hydrogen-bond donors (Lipinski definition) is 1. The van der Waals surface area contributed by atoms with Crippen LogP contribution in [0.15, 0.2) is 0 Å². The van der Waals surface area contributed by atoms with Crippen molar-refractivity contribution < 1.29 is 0 Å². The van der Waals surface area contributed by atoms with E-state index in [1.54, 1.807) is 0 Å². The van der Waals surface area contributed by atoms with Gasteiger partial charge in [0, 0.05) is 6.04 Å². The van der Waals surface area contributed by atoms with E-state index in [0.29, 0.717) is 10.8 Å². The molecule has 1 spiro atoms. The van der Waals surface area contributed by atoms with Gasteiger partial charge in [-0.05, 0) is 67.2 Å². The van der Waals surface area contributed by atoms with Gasteiger partial charge in [-0.25, -0.2) is 0 Å². The summed E-state index contributed by atoms with van der Waals surface area (Å²) >= 11 is 0. The quantitative estimate of drug-likeness (QED) is 0.784. The topological polar surface area (TPSA) is 12.0 Å². The van der Waals surface area contributed by atoms with Crippen molar-refractivity contribution in [3.8, 4) is 0 Å². The van der Waals surface area contributed by atoms with Crippen LogP contribution in [0.1, 0.15) is 59.8 Å². The first-order chi connectivity index (χ1) is 7.96. The van der Waals surface area contributed by atoms with Crippen molar-refractivity contribution in [1.29, 1.82) is 0 Å². The van der Waals surface area contributed by atoms with Gasteiger partial charge in [-0.1, -0.05) is 27.7 Å². The number of nitrogens with one attached hydrogen (secondary N) is 1. The van der Waals surface area contributed by atoms with Gasteiger partial charge in [0.1, 0.15) is 0 Å². The predicted octanol–water partition coefficient (Wildman–Crippen LogP) is 3.84. The second-order valence-corrected chi connectivity index (χ2v) is 7.97. The lowest BCUT2D eigenvalue weighted by Gasteiger charge is -2.34. The maximum absolute atomic E-state index is 3.78. The Kier molecular flexibility index (Phi) is 2.63. The van der Waals surface area contributed by atoms with Gasteiger partial charge in [0.05, 0.1) is 0 Å². The van der Waals surface area contributed by atoms with Crippen LogP contribution in [0.25, 0.3) is 0 Å². The van der Waals surface area contributed by atoms with Crippen molar-refractivity contribution in [2.24, 2.45) is 28.6 Å². The van der Waals surface area contributed by atoms with Gasteiger partial charge in [0.15, 0.2) is 0 Å². The van der Waals surface area contributed by atoms with Gasteiger partial charge in [0.25, 0.3) is 0 Å². The van der Waals surface area contributed by atoms with Crippen LogP contribution in [0.5, 0.6) is 0 Å². The predicted molar refractivity (Wildman–Crippen MR) is 72.9 cm³/mol. The van der Waals surface area contributed by atoms with Crippen molar-refractivity contribution in [3.05, 3.63) is 0 Å². The van der Waals surface area contributed by atoms with Crippen LogP contribution in [0.3, 0.4) is 0 Å². The van der Waals surface area contributed by atoms with Crippen LogP contribution in [0, 0.1) is 28.6 Å². The molecular formula is C16H29N. The van der Waals surface area contributed by atoms with Gasteiger partial charge in [-0.15, -0.1) is 0 Å². The summed E-state index contributed by atoms with van der Waals surface area (Å²) in [5.41, 5.74) is 1.28. The van der Waals surface area contributed by atoms with Crippen molar-refractivity contribution in [1.82, 2.24) is 5.32 Å². The molecule has 1 nitrogen and oxygen atoms in total. The fourth-order valence-electron chi connectivity index (χ4n) is 5.08. The molecule has 3 aliphatic rings.